The van der Waals surface area contributed by atoms with E-state index in [1.165, 1.54) is 30.0 Å². The minimum Gasteiger partial charge on any atom is -0.478 e. The second-order valence-electron chi connectivity index (χ2n) is 10.7. The highest BCUT2D eigenvalue weighted by atomic mass is 35.5. The predicted molar refractivity (Wildman–Crippen MR) is 195 cm³/mol. The molecule has 3 amide bonds. The number of amides is 3. The number of anilines is 2. The number of carboxylic acids is 1. The number of rotatable bonds is 11. The SMILES string of the molecule is Cc1ccc(C(=O)O)cc1NC(=O)C(Sc1ccc(NC(=O)/C(=C/c2cccc(Cl)c2Cl)NC(=O)c2ccccc2)cc1)c1ccccc1. The zero-order valence-corrected chi connectivity index (χ0v) is 28.3. The minimum absolute atomic E-state index is 0.0560. The number of nitrogens with one attached hydrogen (secondary N) is 3. The summed E-state index contributed by atoms with van der Waals surface area (Å²) in [6.45, 7) is 1.79. The highest BCUT2D eigenvalue weighted by Gasteiger charge is 2.23. The van der Waals surface area contributed by atoms with E-state index in [9.17, 15) is 24.3 Å². The second-order valence-corrected chi connectivity index (χ2v) is 12.7. The maximum absolute atomic E-state index is 13.6. The molecule has 0 aromatic heterocycles. The van der Waals surface area contributed by atoms with Crippen molar-refractivity contribution in [2.75, 3.05) is 10.6 Å². The van der Waals surface area contributed by atoms with Crippen molar-refractivity contribution in [2.24, 2.45) is 0 Å². The maximum Gasteiger partial charge on any atom is 0.335 e. The Balaban J connectivity index is 1.35. The third-order valence-electron chi connectivity index (χ3n) is 7.26. The van der Waals surface area contributed by atoms with Gasteiger partial charge in [0, 0.05) is 21.8 Å². The van der Waals surface area contributed by atoms with Crippen LogP contribution in [0.2, 0.25) is 10.0 Å². The van der Waals surface area contributed by atoms with Gasteiger partial charge >= 0.3 is 5.97 Å². The van der Waals surface area contributed by atoms with E-state index >= 15 is 0 Å². The van der Waals surface area contributed by atoms with Crippen LogP contribution in [0, 0.1) is 6.92 Å². The molecule has 11 heteroatoms. The number of benzene rings is 5. The molecule has 0 aliphatic rings. The lowest BCUT2D eigenvalue weighted by Gasteiger charge is -2.18. The molecule has 5 aromatic carbocycles. The van der Waals surface area contributed by atoms with Crippen molar-refractivity contribution < 1.29 is 24.3 Å². The van der Waals surface area contributed by atoms with Gasteiger partial charge in [0.15, 0.2) is 0 Å². The van der Waals surface area contributed by atoms with Gasteiger partial charge in [0.1, 0.15) is 10.9 Å². The fraction of sp³-hybridized carbons (Fsp3) is 0.0526. The Labute approximate surface area is 297 Å². The summed E-state index contributed by atoms with van der Waals surface area (Å²) in [4.78, 5) is 52.4. The van der Waals surface area contributed by atoms with E-state index in [-0.39, 0.29) is 22.2 Å². The van der Waals surface area contributed by atoms with Crippen LogP contribution >= 0.6 is 35.0 Å². The third-order valence-corrected chi connectivity index (χ3v) is 9.36. The number of carbonyl (C=O) groups is 4. The van der Waals surface area contributed by atoms with Crippen molar-refractivity contribution in [1.82, 2.24) is 5.32 Å². The number of carbonyl (C=O) groups excluding carboxylic acids is 3. The van der Waals surface area contributed by atoms with Gasteiger partial charge in [-0.25, -0.2) is 4.79 Å². The van der Waals surface area contributed by atoms with E-state index < -0.39 is 23.0 Å². The molecule has 1 atom stereocenters. The molecule has 49 heavy (non-hydrogen) atoms. The summed E-state index contributed by atoms with van der Waals surface area (Å²) in [5, 5.41) is 17.6. The highest BCUT2D eigenvalue weighted by molar-refractivity contribution is 8.00. The van der Waals surface area contributed by atoms with Gasteiger partial charge in [0.05, 0.1) is 15.6 Å². The first kappa shape index (κ1) is 35.0. The normalized spacial score (nSPS) is 11.7. The zero-order valence-electron chi connectivity index (χ0n) is 25.9. The lowest BCUT2D eigenvalue weighted by Crippen LogP contribution is -2.30. The van der Waals surface area contributed by atoms with Crippen LogP contribution in [0.4, 0.5) is 11.4 Å². The number of hydrogen-bond donors (Lipinski definition) is 4. The molecule has 0 fully saturated rings. The molecule has 0 saturated carbocycles. The molecular formula is C38H29Cl2N3O5S. The van der Waals surface area contributed by atoms with E-state index in [2.05, 4.69) is 16.0 Å². The lowest BCUT2D eigenvalue weighted by atomic mass is 10.1. The fourth-order valence-corrected chi connectivity index (χ4v) is 6.06. The van der Waals surface area contributed by atoms with Crippen LogP contribution in [-0.2, 0) is 9.59 Å². The molecule has 0 spiro atoms. The van der Waals surface area contributed by atoms with Gasteiger partial charge in [-0.05, 0) is 84.3 Å². The van der Waals surface area contributed by atoms with Gasteiger partial charge in [-0.15, -0.1) is 11.8 Å². The number of hydrogen-bond acceptors (Lipinski definition) is 5. The summed E-state index contributed by atoms with van der Waals surface area (Å²) in [5.74, 6) is -2.50. The first-order valence-corrected chi connectivity index (χ1v) is 16.5. The van der Waals surface area contributed by atoms with Gasteiger partial charge in [0.2, 0.25) is 5.91 Å². The number of halogens is 2. The Morgan fingerprint density at radius 1 is 0.755 bits per heavy atom. The molecule has 0 aliphatic heterocycles. The Kier molecular flexibility index (Phi) is 11.5. The molecule has 1 unspecified atom stereocenters. The molecule has 0 aliphatic carbocycles. The first-order valence-electron chi connectivity index (χ1n) is 14.9. The number of thioether (sulfide) groups is 1. The van der Waals surface area contributed by atoms with Crippen LogP contribution in [-0.4, -0.2) is 28.8 Å². The summed E-state index contributed by atoms with van der Waals surface area (Å²) in [7, 11) is 0. The summed E-state index contributed by atoms with van der Waals surface area (Å²) >= 11 is 13.9. The molecule has 0 heterocycles. The van der Waals surface area contributed by atoms with E-state index in [1.807, 2.05) is 30.3 Å². The molecule has 246 valence electrons. The maximum atomic E-state index is 13.6. The Morgan fingerprint density at radius 2 is 1.43 bits per heavy atom. The van der Waals surface area contributed by atoms with Crippen LogP contribution in [0.5, 0.6) is 0 Å². The topological polar surface area (TPSA) is 125 Å². The van der Waals surface area contributed by atoms with Crippen molar-refractivity contribution in [3.05, 3.63) is 165 Å². The average Bonchev–Trinajstić information content (AvgIpc) is 3.11. The Hall–Kier alpha value is -5.35. The predicted octanol–water partition coefficient (Wildman–Crippen LogP) is 8.88. The monoisotopic (exact) mass is 709 g/mol. The van der Waals surface area contributed by atoms with E-state index in [4.69, 9.17) is 23.2 Å². The number of carboxylic acid groups (broad SMARTS) is 1. The largest absolute Gasteiger partial charge is 0.478 e. The van der Waals surface area contributed by atoms with Crippen LogP contribution in [0.1, 0.15) is 42.7 Å². The molecule has 0 radical (unpaired) electrons. The number of aryl methyl sites for hydroxylation is 1. The second kappa shape index (κ2) is 16.2. The van der Waals surface area contributed by atoms with E-state index in [0.29, 0.717) is 27.5 Å². The van der Waals surface area contributed by atoms with Gasteiger partial charge in [-0.3, -0.25) is 14.4 Å². The molecular weight excluding hydrogens is 681 g/mol. The smallest absolute Gasteiger partial charge is 0.335 e. The summed E-state index contributed by atoms with van der Waals surface area (Å²) in [5.41, 5.74) is 3.13. The van der Waals surface area contributed by atoms with Crippen LogP contribution in [0.3, 0.4) is 0 Å². The van der Waals surface area contributed by atoms with Gasteiger partial charge < -0.3 is 21.1 Å². The fourth-order valence-electron chi connectivity index (χ4n) is 4.67. The van der Waals surface area contributed by atoms with Crippen molar-refractivity contribution >= 4 is 76.1 Å². The van der Waals surface area contributed by atoms with Crippen LogP contribution < -0.4 is 16.0 Å². The van der Waals surface area contributed by atoms with Crippen LogP contribution in [0.25, 0.3) is 6.08 Å². The summed E-state index contributed by atoms with van der Waals surface area (Å²) < 4.78 is 0. The Bertz CT molecular complexity index is 2040. The van der Waals surface area contributed by atoms with E-state index in [0.717, 1.165) is 16.0 Å². The minimum atomic E-state index is -1.09. The van der Waals surface area contributed by atoms with E-state index in [1.54, 1.807) is 85.8 Å². The number of aromatic carboxylic acids is 1. The van der Waals surface area contributed by atoms with Gasteiger partial charge in [0.25, 0.3) is 11.8 Å². The molecule has 8 nitrogen and oxygen atoms in total. The average molecular weight is 711 g/mol. The van der Waals surface area contributed by atoms with Gasteiger partial charge in [-0.1, -0.05) is 89.9 Å². The molecule has 0 bridgehead atoms. The highest BCUT2D eigenvalue weighted by Crippen LogP contribution is 2.37. The first-order chi connectivity index (χ1) is 23.6. The van der Waals surface area contributed by atoms with Crippen LogP contribution in [0.15, 0.2) is 132 Å². The molecule has 4 N–H and O–H groups in total. The van der Waals surface area contributed by atoms with Crippen molar-refractivity contribution in [3.8, 4) is 0 Å². The van der Waals surface area contributed by atoms with Crippen molar-refractivity contribution in [2.45, 2.75) is 17.1 Å². The Morgan fingerprint density at radius 3 is 2.10 bits per heavy atom. The van der Waals surface area contributed by atoms with Gasteiger partial charge in [-0.2, -0.15) is 0 Å². The molecule has 5 rings (SSSR count). The lowest BCUT2D eigenvalue weighted by molar-refractivity contribution is -0.116. The zero-order chi connectivity index (χ0) is 34.9. The summed E-state index contributed by atoms with van der Waals surface area (Å²) in [6, 6.07) is 34.1. The quantitative estimate of drug-likeness (QED) is 0.0802. The standard InChI is InChI=1S/C38H29Cl2N3O5S/c1-23-15-16-27(38(47)48)22-31(23)42-37(46)34(24-9-4-2-5-10-24)49-29-19-17-28(18-20-29)41-36(45)32(21-26-13-8-14-30(39)33(26)40)43-35(44)25-11-6-3-7-12-25/h2-22,34H,1H3,(H,41,45)(H,42,46)(H,43,44)(H,47,48)/b32-21-. The third kappa shape index (κ3) is 9.17. The molecule has 0 saturated heterocycles. The van der Waals surface area contributed by atoms with Crippen molar-refractivity contribution in [3.63, 3.8) is 0 Å². The summed E-state index contributed by atoms with van der Waals surface area (Å²) in [6.07, 6.45) is 1.45. The van der Waals surface area contributed by atoms with Crippen molar-refractivity contribution in [1.29, 1.82) is 0 Å². The molecule has 5 aromatic rings.